The highest BCUT2D eigenvalue weighted by atomic mass is 19.4. The van der Waals surface area contributed by atoms with Gasteiger partial charge in [0.2, 0.25) is 0 Å². The van der Waals surface area contributed by atoms with Crippen molar-refractivity contribution in [2.75, 3.05) is 0 Å². The lowest BCUT2D eigenvalue weighted by molar-refractivity contribution is -0.127. The van der Waals surface area contributed by atoms with Crippen LogP contribution in [0.5, 0.6) is 0 Å². The molecule has 15 heavy (non-hydrogen) atoms. The summed E-state index contributed by atoms with van der Waals surface area (Å²) in [5.74, 6) is -0.0615. The molecule has 0 radical (unpaired) electrons. The Balaban J connectivity index is 2.77. The molecule has 0 aromatic heterocycles. The van der Waals surface area contributed by atoms with E-state index in [1.54, 1.807) is 6.92 Å². The molecule has 0 aliphatic heterocycles. The van der Waals surface area contributed by atoms with Crippen molar-refractivity contribution in [1.29, 1.82) is 0 Å². The minimum Gasteiger partial charge on any atom is -0.294 e. The Bertz CT molecular complexity index is 338. The number of hydrogen-bond donors (Lipinski definition) is 0. The first-order valence-electron chi connectivity index (χ1n) is 4.61. The highest BCUT2D eigenvalue weighted by molar-refractivity contribution is 5.95. The number of carbonyl (C=O) groups excluding carboxylic acids is 1. The molecular formula is C11H11F3O. The van der Waals surface area contributed by atoms with Crippen LogP contribution in [0.3, 0.4) is 0 Å². The van der Waals surface area contributed by atoms with Gasteiger partial charge in [-0.3, -0.25) is 4.79 Å². The quantitative estimate of drug-likeness (QED) is 0.708. The van der Waals surface area contributed by atoms with Gasteiger partial charge < -0.3 is 0 Å². The van der Waals surface area contributed by atoms with E-state index < -0.39 is 12.6 Å². The molecule has 0 atom stereocenters. The zero-order valence-corrected chi connectivity index (χ0v) is 8.27. The standard InChI is InChI=1S/C11H11F3O/c1-2-10(15)9-5-3-8(4-6-9)7-11(12,13)14/h3-6H,2,7H2,1H3. The molecule has 0 bridgehead atoms. The fourth-order valence-corrected chi connectivity index (χ4v) is 1.24. The number of Topliss-reactive ketones (excluding diaryl/α,β-unsaturated/α-hetero) is 1. The third-order valence-electron chi connectivity index (χ3n) is 2.00. The van der Waals surface area contributed by atoms with Crippen LogP contribution >= 0.6 is 0 Å². The largest absolute Gasteiger partial charge is 0.393 e. The number of halogens is 3. The van der Waals surface area contributed by atoms with Crippen molar-refractivity contribution in [2.24, 2.45) is 0 Å². The summed E-state index contributed by atoms with van der Waals surface area (Å²) in [5, 5.41) is 0. The summed E-state index contributed by atoms with van der Waals surface area (Å²) >= 11 is 0. The normalized spacial score (nSPS) is 11.5. The van der Waals surface area contributed by atoms with Gasteiger partial charge in [-0.25, -0.2) is 0 Å². The average Bonchev–Trinajstić information content (AvgIpc) is 2.15. The molecule has 0 aliphatic rings. The Kier molecular flexibility index (Phi) is 3.50. The van der Waals surface area contributed by atoms with E-state index in [-0.39, 0.29) is 11.3 Å². The Hall–Kier alpha value is -1.32. The van der Waals surface area contributed by atoms with Gasteiger partial charge in [-0.15, -0.1) is 0 Å². The Labute approximate surface area is 85.9 Å². The number of ketones is 1. The molecule has 4 heteroatoms. The molecule has 1 nitrogen and oxygen atoms in total. The minimum atomic E-state index is -4.20. The fraction of sp³-hybridized carbons (Fsp3) is 0.364. The molecule has 0 fully saturated rings. The maximum absolute atomic E-state index is 12.0. The predicted molar refractivity (Wildman–Crippen MR) is 50.8 cm³/mol. The van der Waals surface area contributed by atoms with Crippen LogP contribution in [0.15, 0.2) is 24.3 Å². The van der Waals surface area contributed by atoms with Gasteiger partial charge in [-0.2, -0.15) is 13.2 Å². The highest BCUT2D eigenvalue weighted by Crippen LogP contribution is 2.21. The van der Waals surface area contributed by atoms with E-state index in [1.165, 1.54) is 24.3 Å². The van der Waals surface area contributed by atoms with Crippen LogP contribution in [0.2, 0.25) is 0 Å². The van der Waals surface area contributed by atoms with Gasteiger partial charge in [0.05, 0.1) is 6.42 Å². The maximum Gasteiger partial charge on any atom is 0.393 e. The zero-order chi connectivity index (χ0) is 11.5. The van der Waals surface area contributed by atoms with Crippen LogP contribution in [0.1, 0.15) is 29.3 Å². The van der Waals surface area contributed by atoms with Gasteiger partial charge >= 0.3 is 6.18 Å². The van der Waals surface area contributed by atoms with Crippen LogP contribution in [0.4, 0.5) is 13.2 Å². The molecule has 1 aromatic carbocycles. The third kappa shape index (κ3) is 3.73. The Morgan fingerprint density at radius 3 is 2.13 bits per heavy atom. The Morgan fingerprint density at radius 2 is 1.73 bits per heavy atom. The molecule has 82 valence electrons. The monoisotopic (exact) mass is 216 g/mol. The number of carbonyl (C=O) groups is 1. The highest BCUT2D eigenvalue weighted by Gasteiger charge is 2.27. The van der Waals surface area contributed by atoms with Gasteiger partial charge in [0.25, 0.3) is 0 Å². The van der Waals surface area contributed by atoms with E-state index >= 15 is 0 Å². The van der Waals surface area contributed by atoms with Gasteiger partial charge in [-0.1, -0.05) is 31.2 Å². The summed E-state index contributed by atoms with van der Waals surface area (Å²) in [4.78, 5) is 11.2. The number of benzene rings is 1. The fourth-order valence-electron chi connectivity index (χ4n) is 1.24. The van der Waals surface area contributed by atoms with Crippen molar-refractivity contribution in [1.82, 2.24) is 0 Å². The number of hydrogen-bond acceptors (Lipinski definition) is 1. The first-order chi connectivity index (χ1) is 6.92. The molecule has 0 unspecified atom stereocenters. The van der Waals surface area contributed by atoms with Crippen molar-refractivity contribution in [2.45, 2.75) is 25.9 Å². The van der Waals surface area contributed by atoms with Gasteiger partial charge in [0.15, 0.2) is 5.78 Å². The zero-order valence-electron chi connectivity index (χ0n) is 8.27. The second-order valence-corrected chi connectivity index (χ2v) is 3.27. The molecule has 1 rings (SSSR count). The van der Waals surface area contributed by atoms with E-state index in [2.05, 4.69) is 0 Å². The lowest BCUT2D eigenvalue weighted by atomic mass is 10.1. The molecular weight excluding hydrogens is 205 g/mol. The SMILES string of the molecule is CCC(=O)c1ccc(CC(F)(F)F)cc1. The van der Waals surface area contributed by atoms with E-state index in [0.29, 0.717) is 12.0 Å². The number of rotatable bonds is 3. The smallest absolute Gasteiger partial charge is 0.294 e. The predicted octanol–water partition coefficient (Wildman–Crippen LogP) is 3.38. The van der Waals surface area contributed by atoms with Crippen molar-refractivity contribution < 1.29 is 18.0 Å². The van der Waals surface area contributed by atoms with E-state index in [1.807, 2.05) is 0 Å². The summed E-state index contributed by atoms with van der Waals surface area (Å²) in [7, 11) is 0. The van der Waals surface area contributed by atoms with Gasteiger partial charge in [0.1, 0.15) is 0 Å². The van der Waals surface area contributed by atoms with Crippen molar-refractivity contribution in [3.05, 3.63) is 35.4 Å². The van der Waals surface area contributed by atoms with E-state index in [9.17, 15) is 18.0 Å². The topological polar surface area (TPSA) is 17.1 Å². The molecule has 0 saturated heterocycles. The maximum atomic E-state index is 12.0. The van der Waals surface area contributed by atoms with Crippen molar-refractivity contribution in [3.8, 4) is 0 Å². The lowest BCUT2D eigenvalue weighted by Crippen LogP contribution is -2.11. The summed E-state index contributed by atoms with van der Waals surface area (Å²) in [5.41, 5.74) is 0.638. The Morgan fingerprint density at radius 1 is 1.20 bits per heavy atom. The molecule has 0 heterocycles. The van der Waals surface area contributed by atoms with Crippen LogP contribution in [0.25, 0.3) is 0 Å². The summed E-state index contributed by atoms with van der Waals surface area (Å²) < 4.78 is 36.0. The van der Waals surface area contributed by atoms with Crippen molar-refractivity contribution in [3.63, 3.8) is 0 Å². The minimum absolute atomic E-state index is 0.0615. The van der Waals surface area contributed by atoms with Crippen LogP contribution in [-0.4, -0.2) is 12.0 Å². The molecule has 0 amide bonds. The molecule has 0 aliphatic carbocycles. The van der Waals surface area contributed by atoms with Crippen LogP contribution < -0.4 is 0 Å². The molecule has 1 aromatic rings. The molecule has 0 N–H and O–H groups in total. The van der Waals surface area contributed by atoms with E-state index in [4.69, 9.17) is 0 Å². The lowest BCUT2D eigenvalue weighted by Gasteiger charge is -2.06. The van der Waals surface area contributed by atoms with Crippen molar-refractivity contribution >= 4 is 5.78 Å². The van der Waals surface area contributed by atoms with E-state index in [0.717, 1.165) is 0 Å². The van der Waals surface area contributed by atoms with Gasteiger partial charge in [-0.05, 0) is 5.56 Å². The van der Waals surface area contributed by atoms with Gasteiger partial charge in [0, 0.05) is 12.0 Å². The van der Waals surface area contributed by atoms with Crippen LogP contribution in [-0.2, 0) is 6.42 Å². The number of alkyl halides is 3. The first-order valence-corrected chi connectivity index (χ1v) is 4.61. The summed E-state index contributed by atoms with van der Waals surface area (Å²) in [6, 6.07) is 5.56. The average molecular weight is 216 g/mol. The third-order valence-corrected chi connectivity index (χ3v) is 2.00. The first kappa shape index (κ1) is 11.8. The van der Waals surface area contributed by atoms with Crippen LogP contribution in [0, 0.1) is 0 Å². The molecule has 0 saturated carbocycles. The second kappa shape index (κ2) is 4.47. The molecule has 0 spiro atoms. The second-order valence-electron chi connectivity index (χ2n) is 3.27. The summed E-state index contributed by atoms with van der Waals surface area (Å²) in [6.45, 7) is 1.71. The summed E-state index contributed by atoms with van der Waals surface area (Å²) in [6.07, 6.45) is -4.79.